The van der Waals surface area contributed by atoms with Gasteiger partial charge in [-0.1, -0.05) is 26.0 Å². The van der Waals surface area contributed by atoms with Crippen molar-refractivity contribution >= 4 is 0 Å². The molecule has 1 aromatic carbocycles. The predicted octanol–water partition coefficient (Wildman–Crippen LogP) is 3.19. The van der Waals surface area contributed by atoms with Gasteiger partial charge < -0.3 is 4.74 Å². The Morgan fingerprint density at radius 3 is 2.17 bits per heavy atom. The zero-order valence-electron chi connectivity index (χ0n) is 10.4. The second-order valence-electron chi connectivity index (χ2n) is 3.70. The van der Waals surface area contributed by atoms with Gasteiger partial charge in [0.2, 0.25) is 0 Å². The number of rotatable bonds is 6. The fraction of sp³-hybridized carbons (Fsp3) is 0.462. The molecule has 1 aromatic rings. The minimum atomic E-state index is -2.83. The van der Waals surface area contributed by atoms with E-state index < -0.39 is 6.61 Å². The molecule has 0 aromatic heterocycles. The van der Waals surface area contributed by atoms with E-state index in [1.54, 1.807) is 12.1 Å². The van der Waals surface area contributed by atoms with E-state index in [1.165, 1.54) is 12.1 Å². The third-order valence-corrected chi connectivity index (χ3v) is 2.72. The molecular weight excluding hydrogens is 238 g/mol. The van der Waals surface area contributed by atoms with Crippen LogP contribution in [-0.2, 0) is 0 Å². The van der Waals surface area contributed by atoms with Crippen LogP contribution >= 0.6 is 0 Å². The highest BCUT2D eigenvalue weighted by Crippen LogP contribution is 2.23. The molecule has 5 heteroatoms. The van der Waals surface area contributed by atoms with Crippen molar-refractivity contribution in [2.75, 3.05) is 13.1 Å². The lowest BCUT2D eigenvalue weighted by Gasteiger charge is -2.24. The van der Waals surface area contributed by atoms with Crippen LogP contribution < -0.4 is 4.74 Å². The molecule has 3 nitrogen and oxygen atoms in total. The van der Waals surface area contributed by atoms with E-state index in [-0.39, 0.29) is 11.8 Å². The average molecular weight is 254 g/mol. The molecule has 0 saturated carbocycles. The number of hydrogen-bond donors (Lipinski definition) is 0. The first-order valence-electron chi connectivity index (χ1n) is 5.80. The normalized spacial score (nSPS) is 12.5. The van der Waals surface area contributed by atoms with Gasteiger partial charge in [-0.05, 0) is 30.8 Å². The fourth-order valence-electron chi connectivity index (χ4n) is 1.79. The molecule has 0 saturated heterocycles. The van der Waals surface area contributed by atoms with Crippen LogP contribution in [-0.4, -0.2) is 24.6 Å². The molecular formula is C13H16F2N2O. The quantitative estimate of drug-likeness (QED) is 0.782. The minimum Gasteiger partial charge on any atom is -0.435 e. The maximum atomic E-state index is 12.0. The van der Waals surface area contributed by atoms with Crippen LogP contribution in [0.25, 0.3) is 0 Å². The molecule has 0 radical (unpaired) electrons. The predicted molar refractivity (Wildman–Crippen MR) is 64.3 cm³/mol. The molecule has 0 aliphatic carbocycles. The van der Waals surface area contributed by atoms with Crippen LogP contribution in [0.3, 0.4) is 0 Å². The van der Waals surface area contributed by atoms with Crippen LogP contribution in [0.15, 0.2) is 24.3 Å². The van der Waals surface area contributed by atoms with E-state index >= 15 is 0 Å². The molecule has 0 aliphatic heterocycles. The molecule has 1 unspecified atom stereocenters. The van der Waals surface area contributed by atoms with Gasteiger partial charge in [-0.15, -0.1) is 0 Å². The molecule has 0 fully saturated rings. The number of benzene rings is 1. The Morgan fingerprint density at radius 1 is 1.22 bits per heavy atom. The third-order valence-electron chi connectivity index (χ3n) is 2.72. The Balaban J connectivity index is 2.85. The molecule has 18 heavy (non-hydrogen) atoms. The van der Waals surface area contributed by atoms with Gasteiger partial charge >= 0.3 is 6.61 Å². The molecule has 0 N–H and O–H groups in total. The second-order valence-corrected chi connectivity index (χ2v) is 3.70. The van der Waals surface area contributed by atoms with Crippen molar-refractivity contribution in [3.05, 3.63) is 29.8 Å². The number of hydrogen-bond acceptors (Lipinski definition) is 3. The lowest BCUT2D eigenvalue weighted by molar-refractivity contribution is -0.0498. The van der Waals surface area contributed by atoms with Crippen molar-refractivity contribution in [2.24, 2.45) is 0 Å². The third kappa shape index (κ3) is 3.67. The molecule has 1 atom stereocenters. The van der Waals surface area contributed by atoms with E-state index in [2.05, 4.69) is 10.8 Å². The van der Waals surface area contributed by atoms with E-state index in [0.717, 1.165) is 18.7 Å². The largest absolute Gasteiger partial charge is 0.435 e. The number of ether oxygens (including phenoxy) is 1. The Bertz CT molecular complexity index is 396. The maximum Gasteiger partial charge on any atom is 0.387 e. The topological polar surface area (TPSA) is 36.3 Å². The summed E-state index contributed by atoms with van der Waals surface area (Å²) in [5.41, 5.74) is 0.780. The molecule has 0 amide bonds. The number of halogens is 2. The molecule has 0 spiro atoms. The lowest BCUT2D eigenvalue weighted by atomic mass is 10.1. The van der Waals surface area contributed by atoms with E-state index in [1.807, 2.05) is 18.7 Å². The van der Waals surface area contributed by atoms with Gasteiger partial charge in [-0.25, -0.2) is 0 Å². The smallest absolute Gasteiger partial charge is 0.387 e. The Hall–Kier alpha value is -1.67. The summed E-state index contributed by atoms with van der Waals surface area (Å²) in [7, 11) is 0. The number of alkyl halides is 2. The summed E-state index contributed by atoms with van der Waals surface area (Å²) >= 11 is 0. The molecule has 0 aliphatic rings. The van der Waals surface area contributed by atoms with Gasteiger partial charge in [0.1, 0.15) is 11.8 Å². The Labute approximate surface area is 106 Å². The first-order chi connectivity index (χ1) is 8.62. The van der Waals surface area contributed by atoms with Crippen molar-refractivity contribution in [3.63, 3.8) is 0 Å². The van der Waals surface area contributed by atoms with Gasteiger partial charge in [0.25, 0.3) is 0 Å². The second kappa shape index (κ2) is 6.92. The van der Waals surface area contributed by atoms with Gasteiger partial charge in [-0.2, -0.15) is 14.0 Å². The van der Waals surface area contributed by atoms with Gasteiger partial charge in [-0.3, -0.25) is 4.90 Å². The fourth-order valence-corrected chi connectivity index (χ4v) is 1.79. The van der Waals surface area contributed by atoms with Crippen molar-refractivity contribution < 1.29 is 13.5 Å². The van der Waals surface area contributed by atoms with E-state index in [0.29, 0.717) is 0 Å². The summed E-state index contributed by atoms with van der Waals surface area (Å²) in [6.07, 6.45) is 0. The molecule has 98 valence electrons. The molecule has 1 rings (SSSR count). The summed E-state index contributed by atoms with van der Waals surface area (Å²) in [6, 6.07) is 8.05. The summed E-state index contributed by atoms with van der Waals surface area (Å²) in [5.74, 6) is 0.102. The monoisotopic (exact) mass is 254 g/mol. The SMILES string of the molecule is CCN(CC)C(C#N)c1ccc(OC(F)F)cc1. The standard InChI is InChI=1S/C13H16F2N2O/c1-3-17(4-2)12(9-16)10-5-7-11(8-6-10)18-13(14)15/h5-8,12-13H,3-4H2,1-2H3. The van der Waals surface area contributed by atoms with Crippen LogP contribution in [0.1, 0.15) is 25.5 Å². The summed E-state index contributed by atoms with van der Waals surface area (Å²) < 4.78 is 28.3. The summed E-state index contributed by atoms with van der Waals surface area (Å²) in [6.45, 7) is 2.63. The maximum absolute atomic E-state index is 12.0. The van der Waals surface area contributed by atoms with E-state index in [9.17, 15) is 14.0 Å². The van der Waals surface area contributed by atoms with Crippen molar-refractivity contribution in [3.8, 4) is 11.8 Å². The van der Waals surface area contributed by atoms with Crippen molar-refractivity contribution in [2.45, 2.75) is 26.5 Å². The van der Waals surface area contributed by atoms with E-state index in [4.69, 9.17) is 0 Å². The first kappa shape index (κ1) is 14.4. The van der Waals surface area contributed by atoms with Gasteiger partial charge in [0.05, 0.1) is 6.07 Å². The molecule has 0 bridgehead atoms. The minimum absolute atomic E-state index is 0.102. The lowest BCUT2D eigenvalue weighted by Crippen LogP contribution is -2.27. The summed E-state index contributed by atoms with van der Waals surface area (Å²) in [4.78, 5) is 1.99. The average Bonchev–Trinajstić information content (AvgIpc) is 2.36. The highest BCUT2D eigenvalue weighted by Gasteiger charge is 2.17. The molecule has 0 heterocycles. The van der Waals surface area contributed by atoms with Crippen LogP contribution in [0, 0.1) is 11.3 Å². The Morgan fingerprint density at radius 2 is 1.78 bits per heavy atom. The number of nitriles is 1. The Kier molecular flexibility index (Phi) is 5.53. The van der Waals surface area contributed by atoms with Gasteiger partial charge in [0.15, 0.2) is 0 Å². The highest BCUT2D eigenvalue weighted by atomic mass is 19.3. The van der Waals surface area contributed by atoms with Crippen LogP contribution in [0.5, 0.6) is 5.75 Å². The zero-order chi connectivity index (χ0) is 13.5. The van der Waals surface area contributed by atoms with Crippen LogP contribution in [0.2, 0.25) is 0 Å². The summed E-state index contributed by atoms with van der Waals surface area (Å²) in [5, 5.41) is 9.18. The van der Waals surface area contributed by atoms with Crippen molar-refractivity contribution in [1.29, 1.82) is 5.26 Å². The van der Waals surface area contributed by atoms with Crippen LogP contribution in [0.4, 0.5) is 8.78 Å². The van der Waals surface area contributed by atoms with Crippen molar-refractivity contribution in [1.82, 2.24) is 4.90 Å². The first-order valence-corrected chi connectivity index (χ1v) is 5.80. The van der Waals surface area contributed by atoms with Gasteiger partial charge in [0, 0.05) is 0 Å². The highest BCUT2D eigenvalue weighted by molar-refractivity contribution is 5.31. The zero-order valence-corrected chi connectivity index (χ0v) is 10.4. The number of nitrogens with zero attached hydrogens (tertiary/aromatic N) is 2.